The Morgan fingerprint density at radius 2 is 1.92 bits per heavy atom. The van der Waals surface area contributed by atoms with Crippen molar-refractivity contribution >= 4 is 17.0 Å². The molecule has 0 fully saturated rings. The van der Waals surface area contributed by atoms with Gasteiger partial charge in [0.2, 0.25) is 5.89 Å². The predicted molar refractivity (Wildman–Crippen MR) is 104 cm³/mol. The number of nitrogens with zero attached hydrogens (tertiary/aromatic N) is 4. The summed E-state index contributed by atoms with van der Waals surface area (Å²) < 4.78 is 8.05. The van der Waals surface area contributed by atoms with Gasteiger partial charge in [0.15, 0.2) is 0 Å². The monoisotopic (exact) mass is 366 g/mol. The number of fused-ring (bicyclic) bond motifs is 1. The fraction of sp³-hybridized carbons (Fsp3) is 0.300. The molecule has 4 aromatic heterocycles. The predicted octanol–water partition coefficient (Wildman–Crippen LogP) is 4.61. The molecule has 5 nitrogen and oxygen atoms in total. The Morgan fingerprint density at radius 3 is 2.69 bits per heavy atom. The second-order valence-electron chi connectivity index (χ2n) is 6.68. The van der Waals surface area contributed by atoms with E-state index in [2.05, 4.69) is 53.5 Å². The van der Waals surface area contributed by atoms with E-state index in [0.717, 1.165) is 46.7 Å². The van der Waals surface area contributed by atoms with Crippen molar-refractivity contribution in [2.45, 2.75) is 33.9 Å². The van der Waals surface area contributed by atoms with Gasteiger partial charge in [0, 0.05) is 24.2 Å². The van der Waals surface area contributed by atoms with Crippen molar-refractivity contribution in [2.24, 2.45) is 0 Å². The van der Waals surface area contributed by atoms with Crippen LogP contribution in [0.1, 0.15) is 27.7 Å². The average molecular weight is 366 g/mol. The van der Waals surface area contributed by atoms with E-state index in [1.54, 1.807) is 11.3 Å². The van der Waals surface area contributed by atoms with Gasteiger partial charge < -0.3 is 8.82 Å². The second kappa shape index (κ2) is 6.70. The molecule has 0 aliphatic carbocycles. The van der Waals surface area contributed by atoms with Crippen molar-refractivity contribution in [2.75, 3.05) is 7.05 Å². The minimum Gasteiger partial charge on any atom is -0.440 e. The zero-order valence-electron chi connectivity index (χ0n) is 15.5. The van der Waals surface area contributed by atoms with Crippen LogP contribution in [0.15, 0.2) is 40.9 Å². The first-order valence-corrected chi connectivity index (χ1v) is 9.47. The lowest BCUT2D eigenvalue weighted by Gasteiger charge is -2.15. The standard InChI is InChI=1S/C20H22N4OS/c1-13-8-9-18(26-13)20-22-16(15(3)25-20)11-23(4)12-17-14(2)21-19-7-5-6-10-24(17)19/h5-10H,11-12H2,1-4H3. The highest BCUT2D eigenvalue weighted by Gasteiger charge is 2.16. The summed E-state index contributed by atoms with van der Waals surface area (Å²) >= 11 is 1.71. The highest BCUT2D eigenvalue weighted by molar-refractivity contribution is 7.15. The maximum absolute atomic E-state index is 5.90. The Morgan fingerprint density at radius 1 is 1.08 bits per heavy atom. The van der Waals surface area contributed by atoms with E-state index in [4.69, 9.17) is 9.40 Å². The minimum absolute atomic E-state index is 0.718. The molecule has 4 heterocycles. The van der Waals surface area contributed by atoms with Crippen molar-refractivity contribution < 1.29 is 4.42 Å². The zero-order chi connectivity index (χ0) is 18.3. The zero-order valence-corrected chi connectivity index (χ0v) is 16.3. The van der Waals surface area contributed by atoms with Gasteiger partial charge in [0.05, 0.1) is 22.0 Å². The molecule has 0 aliphatic heterocycles. The quantitative estimate of drug-likeness (QED) is 0.517. The van der Waals surface area contributed by atoms with Crippen LogP contribution < -0.4 is 0 Å². The Balaban J connectivity index is 1.54. The molecule has 0 unspecified atom stereocenters. The summed E-state index contributed by atoms with van der Waals surface area (Å²) in [6, 6.07) is 10.3. The van der Waals surface area contributed by atoms with Crippen molar-refractivity contribution in [1.29, 1.82) is 0 Å². The lowest BCUT2D eigenvalue weighted by atomic mass is 10.3. The van der Waals surface area contributed by atoms with Gasteiger partial charge in [-0.15, -0.1) is 11.3 Å². The molecular weight excluding hydrogens is 344 g/mol. The van der Waals surface area contributed by atoms with Crippen molar-refractivity contribution in [3.05, 3.63) is 64.2 Å². The lowest BCUT2D eigenvalue weighted by molar-refractivity contribution is 0.308. The summed E-state index contributed by atoms with van der Waals surface area (Å²) in [6.07, 6.45) is 2.07. The van der Waals surface area contributed by atoms with Crippen LogP contribution in [0.5, 0.6) is 0 Å². The topological polar surface area (TPSA) is 46.6 Å². The number of oxazole rings is 1. The highest BCUT2D eigenvalue weighted by Crippen LogP contribution is 2.29. The third-order valence-corrected chi connectivity index (χ3v) is 5.50. The summed E-state index contributed by atoms with van der Waals surface area (Å²) in [7, 11) is 2.10. The minimum atomic E-state index is 0.718. The molecule has 0 aliphatic rings. The van der Waals surface area contributed by atoms with Gasteiger partial charge in [-0.1, -0.05) is 6.07 Å². The molecular formula is C20H22N4OS. The van der Waals surface area contributed by atoms with Gasteiger partial charge >= 0.3 is 0 Å². The van der Waals surface area contributed by atoms with Crippen LogP contribution in [-0.4, -0.2) is 26.3 Å². The first-order valence-electron chi connectivity index (χ1n) is 8.65. The molecule has 0 saturated heterocycles. The molecule has 0 aromatic carbocycles. The molecule has 6 heteroatoms. The van der Waals surface area contributed by atoms with Gasteiger partial charge in [-0.3, -0.25) is 4.90 Å². The molecule has 0 N–H and O–H groups in total. The molecule has 0 bridgehead atoms. The Labute approximate surface area is 156 Å². The number of thiophene rings is 1. The fourth-order valence-corrected chi connectivity index (χ4v) is 3.95. The van der Waals surface area contributed by atoms with E-state index >= 15 is 0 Å². The maximum atomic E-state index is 5.90. The van der Waals surface area contributed by atoms with Crippen LogP contribution in [0, 0.1) is 20.8 Å². The van der Waals surface area contributed by atoms with Crippen LogP contribution in [0.2, 0.25) is 0 Å². The van der Waals surface area contributed by atoms with Crippen LogP contribution in [0.25, 0.3) is 16.4 Å². The molecule has 4 aromatic rings. The molecule has 0 saturated carbocycles. The Bertz CT molecular complexity index is 1060. The summed E-state index contributed by atoms with van der Waals surface area (Å²) in [4.78, 5) is 14.0. The number of hydrogen-bond donors (Lipinski definition) is 0. The number of pyridine rings is 1. The van der Waals surface area contributed by atoms with Crippen LogP contribution in [0.3, 0.4) is 0 Å². The van der Waals surface area contributed by atoms with Crippen LogP contribution >= 0.6 is 11.3 Å². The molecule has 134 valence electrons. The van der Waals surface area contributed by atoms with Gasteiger partial charge in [0.1, 0.15) is 11.4 Å². The summed E-state index contributed by atoms with van der Waals surface area (Å²) in [6.45, 7) is 7.68. The van der Waals surface area contributed by atoms with Gasteiger partial charge in [-0.05, 0) is 52.1 Å². The molecule has 26 heavy (non-hydrogen) atoms. The third kappa shape index (κ3) is 3.18. The number of aryl methyl sites for hydroxylation is 3. The van der Waals surface area contributed by atoms with E-state index in [9.17, 15) is 0 Å². The molecule has 0 amide bonds. The Hall–Kier alpha value is -2.44. The normalized spacial score (nSPS) is 11.7. The molecule has 0 radical (unpaired) electrons. The van der Waals surface area contributed by atoms with Crippen molar-refractivity contribution in [3.63, 3.8) is 0 Å². The number of rotatable bonds is 5. The summed E-state index contributed by atoms with van der Waals surface area (Å²) in [5.74, 6) is 1.60. The Kier molecular flexibility index (Phi) is 4.38. The van der Waals surface area contributed by atoms with E-state index in [1.807, 2.05) is 25.1 Å². The SMILES string of the molecule is Cc1ccc(-c2nc(CN(C)Cc3c(C)nc4ccccn34)c(C)o2)s1. The number of aromatic nitrogens is 3. The third-order valence-electron chi connectivity index (χ3n) is 4.51. The maximum Gasteiger partial charge on any atom is 0.236 e. The molecule has 4 rings (SSSR count). The average Bonchev–Trinajstić information content (AvgIpc) is 3.27. The molecule has 0 spiro atoms. The number of imidazole rings is 1. The van der Waals surface area contributed by atoms with E-state index in [-0.39, 0.29) is 0 Å². The first kappa shape index (κ1) is 17.0. The van der Waals surface area contributed by atoms with Crippen LogP contribution in [0.4, 0.5) is 0 Å². The molecule has 0 atom stereocenters. The second-order valence-corrected chi connectivity index (χ2v) is 7.97. The largest absolute Gasteiger partial charge is 0.440 e. The summed E-state index contributed by atoms with van der Waals surface area (Å²) in [5, 5.41) is 0. The lowest BCUT2D eigenvalue weighted by Crippen LogP contribution is -2.19. The smallest absolute Gasteiger partial charge is 0.236 e. The van der Waals surface area contributed by atoms with E-state index in [1.165, 1.54) is 10.6 Å². The van der Waals surface area contributed by atoms with Gasteiger partial charge in [-0.25, -0.2) is 9.97 Å². The summed E-state index contributed by atoms with van der Waals surface area (Å²) in [5.41, 5.74) is 4.24. The van der Waals surface area contributed by atoms with Crippen molar-refractivity contribution in [3.8, 4) is 10.8 Å². The van der Waals surface area contributed by atoms with Crippen LogP contribution in [-0.2, 0) is 13.1 Å². The number of hydrogen-bond acceptors (Lipinski definition) is 5. The van der Waals surface area contributed by atoms with Gasteiger partial charge in [-0.2, -0.15) is 0 Å². The first-order chi connectivity index (χ1) is 12.5. The van der Waals surface area contributed by atoms with Gasteiger partial charge in [0.25, 0.3) is 0 Å². The fourth-order valence-electron chi connectivity index (χ4n) is 3.15. The highest BCUT2D eigenvalue weighted by atomic mass is 32.1. The van der Waals surface area contributed by atoms with E-state index in [0.29, 0.717) is 0 Å². The van der Waals surface area contributed by atoms with Crippen molar-refractivity contribution in [1.82, 2.24) is 19.3 Å². The van der Waals surface area contributed by atoms with E-state index < -0.39 is 0 Å².